The van der Waals surface area contributed by atoms with Gasteiger partial charge >= 0.3 is 0 Å². The molecule has 0 saturated carbocycles. The first kappa shape index (κ1) is 17.7. The van der Waals surface area contributed by atoms with Crippen LogP contribution >= 0.6 is 0 Å². The maximum absolute atomic E-state index is 12.6. The third-order valence-electron chi connectivity index (χ3n) is 4.37. The lowest BCUT2D eigenvalue weighted by atomic mass is 9.97. The van der Waals surface area contributed by atoms with Crippen LogP contribution in [0.15, 0.2) is 78.9 Å². The number of ether oxygens (including phenoxy) is 1. The van der Waals surface area contributed by atoms with Crippen molar-refractivity contribution in [2.45, 2.75) is 19.4 Å². The van der Waals surface area contributed by atoms with Crippen molar-refractivity contribution in [3.05, 3.63) is 101 Å². The molecule has 0 fully saturated rings. The summed E-state index contributed by atoms with van der Waals surface area (Å²) in [6.45, 7) is 2.06. The summed E-state index contributed by atoms with van der Waals surface area (Å²) in [4.78, 5) is 12.6. The third kappa shape index (κ3) is 4.51. The Labute approximate surface area is 154 Å². The number of rotatable bonds is 6. The number of hydrogen-bond donors (Lipinski definition) is 1. The summed E-state index contributed by atoms with van der Waals surface area (Å²) in [5.41, 5.74) is 4.30. The van der Waals surface area contributed by atoms with E-state index in [0.717, 1.165) is 22.4 Å². The minimum Gasteiger partial charge on any atom is -0.497 e. The molecule has 0 radical (unpaired) electrons. The number of hydrogen-bond acceptors (Lipinski definition) is 2. The molecule has 0 aliphatic heterocycles. The summed E-state index contributed by atoms with van der Waals surface area (Å²) >= 11 is 0. The van der Waals surface area contributed by atoms with Crippen molar-refractivity contribution in [3.63, 3.8) is 0 Å². The van der Waals surface area contributed by atoms with Gasteiger partial charge in [0.1, 0.15) is 5.75 Å². The molecule has 0 unspecified atom stereocenters. The van der Waals surface area contributed by atoms with Gasteiger partial charge in [-0.15, -0.1) is 0 Å². The first-order valence-corrected chi connectivity index (χ1v) is 8.69. The highest BCUT2D eigenvalue weighted by Gasteiger charge is 2.17. The van der Waals surface area contributed by atoms with Crippen LogP contribution in [0.4, 0.5) is 0 Å². The monoisotopic (exact) mass is 345 g/mol. The molecule has 26 heavy (non-hydrogen) atoms. The number of benzene rings is 3. The number of aryl methyl sites for hydroxylation is 1. The molecule has 1 N–H and O–H groups in total. The molecule has 3 rings (SSSR count). The lowest BCUT2D eigenvalue weighted by Crippen LogP contribution is -2.30. The average Bonchev–Trinajstić information content (AvgIpc) is 2.68. The molecule has 0 saturated heterocycles. The second-order valence-electron chi connectivity index (χ2n) is 6.35. The normalized spacial score (nSPS) is 11.6. The number of nitrogens with one attached hydrogen (secondary N) is 1. The highest BCUT2D eigenvalue weighted by molar-refractivity contribution is 5.79. The molecule has 3 heteroatoms. The van der Waals surface area contributed by atoms with Gasteiger partial charge in [-0.1, -0.05) is 72.3 Å². The molecule has 0 heterocycles. The molecule has 3 aromatic rings. The van der Waals surface area contributed by atoms with E-state index < -0.39 is 0 Å². The van der Waals surface area contributed by atoms with Crippen LogP contribution in [0.3, 0.4) is 0 Å². The maximum atomic E-state index is 12.6. The molecule has 0 bridgehead atoms. The summed E-state index contributed by atoms with van der Waals surface area (Å²) in [5, 5.41) is 3.18. The van der Waals surface area contributed by atoms with Crippen molar-refractivity contribution in [3.8, 4) is 5.75 Å². The summed E-state index contributed by atoms with van der Waals surface area (Å²) in [5.74, 6) is 0.778. The third-order valence-corrected chi connectivity index (χ3v) is 4.37. The van der Waals surface area contributed by atoms with E-state index in [9.17, 15) is 4.79 Å². The molecular weight excluding hydrogens is 322 g/mol. The van der Waals surface area contributed by atoms with Crippen molar-refractivity contribution in [1.29, 1.82) is 0 Å². The van der Waals surface area contributed by atoms with Crippen LogP contribution in [0.2, 0.25) is 0 Å². The lowest BCUT2D eigenvalue weighted by molar-refractivity contribution is -0.120. The Bertz CT molecular complexity index is 840. The molecule has 3 aromatic carbocycles. The summed E-state index contributed by atoms with van der Waals surface area (Å²) in [6, 6.07) is 25.7. The van der Waals surface area contributed by atoms with E-state index in [1.165, 1.54) is 5.56 Å². The van der Waals surface area contributed by atoms with Crippen LogP contribution in [-0.2, 0) is 11.2 Å². The van der Waals surface area contributed by atoms with Gasteiger partial charge < -0.3 is 10.1 Å². The quantitative estimate of drug-likeness (QED) is 0.717. The Morgan fingerprint density at radius 3 is 2.12 bits per heavy atom. The molecule has 3 nitrogen and oxygen atoms in total. The molecule has 0 aromatic heterocycles. The molecule has 132 valence electrons. The van der Waals surface area contributed by atoms with Gasteiger partial charge in [0.15, 0.2) is 0 Å². The Hall–Kier alpha value is -3.07. The Morgan fingerprint density at radius 2 is 1.50 bits per heavy atom. The van der Waals surface area contributed by atoms with Crippen LogP contribution in [-0.4, -0.2) is 13.0 Å². The van der Waals surface area contributed by atoms with Crippen molar-refractivity contribution in [2.24, 2.45) is 0 Å². The Morgan fingerprint density at radius 1 is 0.885 bits per heavy atom. The summed E-state index contributed by atoms with van der Waals surface area (Å²) in [6.07, 6.45) is 0.333. The predicted octanol–water partition coefficient (Wildman–Crippen LogP) is 4.45. The molecule has 0 aliphatic rings. The van der Waals surface area contributed by atoms with Gasteiger partial charge in [-0.2, -0.15) is 0 Å². The van der Waals surface area contributed by atoms with Crippen LogP contribution in [0.5, 0.6) is 5.75 Å². The van der Waals surface area contributed by atoms with Gasteiger partial charge in [-0.05, 0) is 35.7 Å². The van der Waals surface area contributed by atoms with Crippen LogP contribution in [0, 0.1) is 6.92 Å². The first-order valence-electron chi connectivity index (χ1n) is 8.69. The summed E-state index contributed by atoms with van der Waals surface area (Å²) in [7, 11) is 1.63. The zero-order valence-corrected chi connectivity index (χ0v) is 15.1. The standard InChI is InChI=1S/C23H23NO2/c1-17-8-12-20(13-9-17)23(19-6-4-3-5-7-19)24-22(25)16-18-10-14-21(26-2)15-11-18/h3-15,23H,16H2,1-2H3,(H,24,25)/t23-/m1/s1. The van der Waals surface area contributed by atoms with Gasteiger partial charge in [0, 0.05) is 0 Å². The van der Waals surface area contributed by atoms with Crippen LogP contribution in [0.1, 0.15) is 28.3 Å². The van der Waals surface area contributed by atoms with E-state index in [1.807, 2.05) is 54.6 Å². The van der Waals surface area contributed by atoms with Crippen molar-refractivity contribution < 1.29 is 9.53 Å². The fourth-order valence-electron chi connectivity index (χ4n) is 2.90. The largest absolute Gasteiger partial charge is 0.497 e. The van der Waals surface area contributed by atoms with Crippen molar-refractivity contribution in [2.75, 3.05) is 7.11 Å². The summed E-state index contributed by atoms with van der Waals surface area (Å²) < 4.78 is 5.16. The van der Waals surface area contributed by atoms with E-state index in [1.54, 1.807) is 7.11 Å². The van der Waals surface area contributed by atoms with Crippen LogP contribution in [0.25, 0.3) is 0 Å². The van der Waals surface area contributed by atoms with Crippen LogP contribution < -0.4 is 10.1 Å². The van der Waals surface area contributed by atoms with E-state index in [2.05, 4.69) is 36.5 Å². The number of methoxy groups -OCH3 is 1. The predicted molar refractivity (Wildman–Crippen MR) is 104 cm³/mol. The molecule has 1 atom stereocenters. The fourth-order valence-corrected chi connectivity index (χ4v) is 2.90. The zero-order chi connectivity index (χ0) is 18.4. The molecule has 1 amide bonds. The minimum atomic E-state index is -0.164. The minimum absolute atomic E-state index is 0.00963. The highest BCUT2D eigenvalue weighted by Crippen LogP contribution is 2.22. The molecule has 0 spiro atoms. The fraction of sp³-hybridized carbons (Fsp3) is 0.174. The number of carbonyl (C=O) groups is 1. The molecule has 0 aliphatic carbocycles. The number of carbonyl (C=O) groups excluding carboxylic acids is 1. The van der Waals surface area contributed by atoms with Gasteiger partial charge in [0.25, 0.3) is 0 Å². The number of amides is 1. The van der Waals surface area contributed by atoms with Gasteiger partial charge in [-0.3, -0.25) is 4.79 Å². The Balaban J connectivity index is 1.78. The molecular formula is C23H23NO2. The van der Waals surface area contributed by atoms with E-state index in [0.29, 0.717) is 6.42 Å². The Kier molecular flexibility index (Phi) is 5.69. The van der Waals surface area contributed by atoms with E-state index in [4.69, 9.17) is 4.74 Å². The van der Waals surface area contributed by atoms with E-state index in [-0.39, 0.29) is 11.9 Å². The van der Waals surface area contributed by atoms with Crippen molar-refractivity contribution >= 4 is 5.91 Å². The SMILES string of the molecule is COc1ccc(CC(=O)N[C@H](c2ccccc2)c2ccc(C)cc2)cc1. The second kappa shape index (κ2) is 8.34. The van der Waals surface area contributed by atoms with Gasteiger partial charge in [0.2, 0.25) is 5.91 Å². The average molecular weight is 345 g/mol. The van der Waals surface area contributed by atoms with Gasteiger partial charge in [0.05, 0.1) is 19.6 Å². The topological polar surface area (TPSA) is 38.3 Å². The first-order chi connectivity index (χ1) is 12.7. The van der Waals surface area contributed by atoms with E-state index >= 15 is 0 Å². The lowest BCUT2D eigenvalue weighted by Gasteiger charge is -2.20. The smallest absolute Gasteiger partial charge is 0.225 e. The maximum Gasteiger partial charge on any atom is 0.225 e. The van der Waals surface area contributed by atoms with Crippen molar-refractivity contribution in [1.82, 2.24) is 5.32 Å². The highest BCUT2D eigenvalue weighted by atomic mass is 16.5. The second-order valence-corrected chi connectivity index (χ2v) is 6.35. The zero-order valence-electron chi connectivity index (χ0n) is 15.1. The van der Waals surface area contributed by atoms with Gasteiger partial charge in [-0.25, -0.2) is 0 Å².